The number of likely N-dealkylation sites (N-methyl/N-ethyl adjacent to an activating group) is 1. The molecule has 0 heterocycles. The van der Waals surface area contributed by atoms with Crippen molar-refractivity contribution in [2.24, 2.45) is 11.7 Å². The number of nitrogens with zero attached hydrogens (tertiary/aromatic N) is 1. The van der Waals surface area contributed by atoms with Crippen LogP contribution in [0.2, 0.25) is 0 Å². The van der Waals surface area contributed by atoms with Crippen LogP contribution in [0, 0.1) is 5.92 Å². The zero-order chi connectivity index (χ0) is 15.1. The van der Waals surface area contributed by atoms with E-state index in [-0.39, 0.29) is 11.9 Å². The van der Waals surface area contributed by atoms with E-state index in [1.54, 1.807) is 4.90 Å². The maximum absolute atomic E-state index is 12.3. The molecule has 0 fully saturated rings. The number of amides is 1. The molecule has 0 saturated heterocycles. The summed E-state index contributed by atoms with van der Waals surface area (Å²) in [6.07, 6.45) is 2.55. The van der Waals surface area contributed by atoms with E-state index in [0.717, 1.165) is 12.8 Å². The fraction of sp³-hybridized carbons (Fsp3) is 0.588. The van der Waals surface area contributed by atoms with Gasteiger partial charge in [-0.05, 0) is 37.7 Å². The van der Waals surface area contributed by atoms with E-state index in [1.807, 2.05) is 25.2 Å². The third kappa shape index (κ3) is 5.33. The maximum atomic E-state index is 12.3. The van der Waals surface area contributed by atoms with Gasteiger partial charge < -0.3 is 10.6 Å². The Morgan fingerprint density at radius 3 is 2.35 bits per heavy atom. The summed E-state index contributed by atoms with van der Waals surface area (Å²) in [5.74, 6) is 0.634. The molecule has 1 aromatic rings. The Kier molecular flexibility index (Phi) is 6.73. The van der Waals surface area contributed by atoms with Crippen LogP contribution < -0.4 is 5.73 Å². The van der Waals surface area contributed by atoms with Crippen molar-refractivity contribution >= 4 is 5.91 Å². The number of nitrogens with two attached hydrogens (primary N) is 1. The molecule has 20 heavy (non-hydrogen) atoms. The van der Waals surface area contributed by atoms with E-state index >= 15 is 0 Å². The van der Waals surface area contributed by atoms with Gasteiger partial charge in [0.2, 0.25) is 5.91 Å². The Hall–Kier alpha value is -1.35. The molecule has 1 rings (SSSR count). The van der Waals surface area contributed by atoms with Crippen LogP contribution in [0.25, 0.3) is 0 Å². The van der Waals surface area contributed by atoms with Crippen molar-refractivity contribution in [1.29, 1.82) is 0 Å². The van der Waals surface area contributed by atoms with Crippen molar-refractivity contribution in [1.82, 2.24) is 4.90 Å². The number of hydrogen-bond donors (Lipinski definition) is 1. The molecule has 2 N–H and O–H groups in total. The molecular weight excluding hydrogens is 248 g/mol. The summed E-state index contributed by atoms with van der Waals surface area (Å²) < 4.78 is 0. The fourth-order valence-corrected chi connectivity index (χ4v) is 2.41. The Morgan fingerprint density at radius 2 is 1.80 bits per heavy atom. The summed E-state index contributed by atoms with van der Waals surface area (Å²) in [5.41, 5.74) is 7.27. The second kappa shape index (κ2) is 8.05. The first-order valence-corrected chi connectivity index (χ1v) is 7.48. The van der Waals surface area contributed by atoms with Gasteiger partial charge >= 0.3 is 0 Å². The second-order valence-electron chi connectivity index (χ2n) is 6.06. The Bertz CT molecular complexity index is 403. The summed E-state index contributed by atoms with van der Waals surface area (Å²) in [7, 11) is 1.86. The van der Waals surface area contributed by atoms with Crippen LogP contribution in [-0.2, 0) is 11.2 Å². The summed E-state index contributed by atoms with van der Waals surface area (Å²) in [6.45, 7) is 6.43. The van der Waals surface area contributed by atoms with E-state index < -0.39 is 6.04 Å². The molecule has 0 aliphatic carbocycles. The third-order valence-corrected chi connectivity index (χ3v) is 3.73. The SMILES string of the molecule is CC(C)CC(C)N(C)C(=O)C(N)CCc1ccccc1. The van der Waals surface area contributed by atoms with Gasteiger partial charge in [-0.2, -0.15) is 0 Å². The monoisotopic (exact) mass is 276 g/mol. The molecule has 112 valence electrons. The highest BCUT2D eigenvalue weighted by molar-refractivity contribution is 5.81. The molecule has 2 atom stereocenters. The predicted octanol–water partition coefficient (Wildman–Crippen LogP) is 2.84. The first kappa shape index (κ1) is 16.7. The van der Waals surface area contributed by atoms with Crippen molar-refractivity contribution in [2.75, 3.05) is 7.05 Å². The van der Waals surface area contributed by atoms with Crippen LogP contribution in [0.5, 0.6) is 0 Å². The van der Waals surface area contributed by atoms with Crippen LogP contribution in [0.1, 0.15) is 39.2 Å². The Balaban J connectivity index is 2.46. The van der Waals surface area contributed by atoms with Gasteiger partial charge in [0.25, 0.3) is 0 Å². The normalized spacial score (nSPS) is 14.1. The van der Waals surface area contributed by atoms with Gasteiger partial charge in [0, 0.05) is 13.1 Å². The maximum Gasteiger partial charge on any atom is 0.239 e. The molecule has 3 nitrogen and oxygen atoms in total. The topological polar surface area (TPSA) is 46.3 Å². The van der Waals surface area contributed by atoms with Crippen LogP contribution in [0.3, 0.4) is 0 Å². The van der Waals surface area contributed by atoms with Crippen molar-refractivity contribution in [3.63, 3.8) is 0 Å². The third-order valence-electron chi connectivity index (χ3n) is 3.73. The number of hydrogen-bond acceptors (Lipinski definition) is 2. The van der Waals surface area contributed by atoms with Gasteiger partial charge in [0.15, 0.2) is 0 Å². The molecule has 0 saturated carbocycles. The van der Waals surface area contributed by atoms with Gasteiger partial charge in [0.1, 0.15) is 0 Å². The number of carbonyl (C=O) groups excluding carboxylic acids is 1. The van der Waals surface area contributed by atoms with Crippen LogP contribution in [-0.4, -0.2) is 29.9 Å². The minimum atomic E-state index is -0.408. The highest BCUT2D eigenvalue weighted by Crippen LogP contribution is 2.12. The summed E-state index contributed by atoms with van der Waals surface area (Å²) in [5, 5.41) is 0. The zero-order valence-electron chi connectivity index (χ0n) is 13.2. The largest absolute Gasteiger partial charge is 0.342 e. The van der Waals surface area contributed by atoms with Crippen molar-refractivity contribution in [3.8, 4) is 0 Å². The lowest BCUT2D eigenvalue weighted by molar-refractivity contribution is -0.133. The quantitative estimate of drug-likeness (QED) is 0.832. The van der Waals surface area contributed by atoms with Crippen LogP contribution in [0.4, 0.5) is 0 Å². The minimum absolute atomic E-state index is 0.0501. The molecule has 0 aromatic heterocycles. The lowest BCUT2D eigenvalue weighted by Gasteiger charge is -2.28. The molecule has 3 heteroatoms. The molecule has 0 aliphatic heterocycles. The van der Waals surface area contributed by atoms with Gasteiger partial charge in [-0.25, -0.2) is 0 Å². The lowest BCUT2D eigenvalue weighted by Crippen LogP contribution is -2.46. The van der Waals surface area contributed by atoms with Crippen LogP contribution >= 0.6 is 0 Å². The highest BCUT2D eigenvalue weighted by atomic mass is 16.2. The van der Waals surface area contributed by atoms with Crippen LogP contribution in [0.15, 0.2) is 30.3 Å². The molecule has 1 amide bonds. The lowest BCUT2D eigenvalue weighted by atomic mass is 10.0. The molecule has 0 spiro atoms. The molecule has 2 unspecified atom stereocenters. The predicted molar refractivity (Wildman–Crippen MR) is 84.4 cm³/mol. The Labute approximate surface area is 123 Å². The van der Waals surface area contributed by atoms with E-state index in [2.05, 4.69) is 32.9 Å². The number of rotatable bonds is 7. The molecular formula is C17H28N2O. The van der Waals surface area contributed by atoms with Gasteiger partial charge in [-0.1, -0.05) is 44.2 Å². The molecule has 0 bridgehead atoms. The molecule has 0 radical (unpaired) electrons. The highest BCUT2D eigenvalue weighted by Gasteiger charge is 2.22. The van der Waals surface area contributed by atoms with Gasteiger partial charge in [-0.15, -0.1) is 0 Å². The summed E-state index contributed by atoms with van der Waals surface area (Å²) >= 11 is 0. The first-order chi connectivity index (χ1) is 9.41. The van der Waals surface area contributed by atoms with Crippen molar-refractivity contribution < 1.29 is 4.79 Å². The minimum Gasteiger partial charge on any atom is -0.342 e. The second-order valence-corrected chi connectivity index (χ2v) is 6.06. The first-order valence-electron chi connectivity index (χ1n) is 7.48. The summed E-state index contributed by atoms with van der Waals surface area (Å²) in [4.78, 5) is 14.1. The average molecular weight is 276 g/mol. The van der Waals surface area contributed by atoms with E-state index in [0.29, 0.717) is 12.3 Å². The van der Waals surface area contributed by atoms with E-state index in [1.165, 1.54) is 5.56 Å². The Morgan fingerprint density at radius 1 is 1.20 bits per heavy atom. The standard InChI is InChI=1S/C17H28N2O/c1-13(2)12-14(3)19(4)17(20)16(18)11-10-15-8-6-5-7-9-15/h5-9,13-14,16H,10-12,18H2,1-4H3. The zero-order valence-corrected chi connectivity index (χ0v) is 13.2. The van der Waals surface area contributed by atoms with E-state index in [9.17, 15) is 4.79 Å². The van der Waals surface area contributed by atoms with E-state index in [4.69, 9.17) is 5.73 Å². The van der Waals surface area contributed by atoms with Gasteiger partial charge in [0.05, 0.1) is 6.04 Å². The number of benzene rings is 1. The average Bonchev–Trinajstić information content (AvgIpc) is 2.43. The van der Waals surface area contributed by atoms with Crippen molar-refractivity contribution in [3.05, 3.63) is 35.9 Å². The number of aryl methyl sites for hydroxylation is 1. The number of carbonyl (C=O) groups is 1. The molecule has 1 aromatic carbocycles. The van der Waals surface area contributed by atoms with Gasteiger partial charge in [-0.3, -0.25) is 4.79 Å². The fourth-order valence-electron chi connectivity index (χ4n) is 2.41. The summed E-state index contributed by atoms with van der Waals surface area (Å²) in [6, 6.07) is 10.00. The molecule has 0 aliphatic rings. The smallest absolute Gasteiger partial charge is 0.239 e. The van der Waals surface area contributed by atoms with Crippen molar-refractivity contribution in [2.45, 2.75) is 52.1 Å².